The molecule has 1 aliphatic heterocycles. The molecule has 0 N–H and O–H groups in total. The van der Waals surface area contributed by atoms with Crippen molar-refractivity contribution in [2.45, 2.75) is 32.7 Å². The lowest BCUT2D eigenvalue weighted by Crippen LogP contribution is -2.46. The topological polar surface area (TPSA) is 23.6 Å². The summed E-state index contributed by atoms with van der Waals surface area (Å²) in [6.45, 7) is 7.86. The van der Waals surface area contributed by atoms with Crippen molar-refractivity contribution in [3.8, 4) is 0 Å². The molecule has 2 rings (SSSR count). The fraction of sp³-hybridized carbons (Fsp3) is 0.562. The van der Waals surface area contributed by atoms with Crippen LogP contribution in [0.2, 0.25) is 0 Å². The molecule has 4 heteroatoms. The normalized spacial score (nSPS) is 16.7. The summed E-state index contributed by atoms with van der Waals surface area (Å²) >= 11 is 0. The molecule has 0 bridgehead atoms. The second-order valence-corrected chi connectivity index (χ2v) is 5.22. The largest absolute Gasteiger partial charge is 0.338 e. The van der Waals surface area contributed by atoms with E-state index in [0.29, 0.717) is 19.1 Å². The van der Waals surface area contributed by atoms with Crippen LogP contribution in [0, 0.1) is 5.82 Å². The van der Waals surface area contributed by atoms with E-state index in [0.717, 1.165) is 25.9 Å². The summed E-state index contributed by atoms with van der Waals surface area (Å²) in [5, 5.41) is 0. The SMILES string of the molecule is CCN(CC)C1CCN(C(=O)c2ccccc2F)CC1. The zero-order valence-electron chi connectivity index (χ0n) is 12.3. The summed E-state index contributed by atoms with van der Waals surface area (Å²) in [7, 11) is 0. The lowest BCUT2D eigenvalue weighted by Gasteiger charge is -2.37. The molecular formula is C16H23FN2O. The number of halogens is 1. The van der Waals surface area contributed by atoms with Crippen molar-refractivity contribution in [1.82, 2.24) is 9.80 Å². The van der Waals surface area contributed by atoms with Crippen molar-refractivity contribution in [2.75, 3.05) is 26.2 Å². The lowest BCUT2D eigenvalue weighted by atomic mass is 10.0. The van der Waals surface area contributed by atoms with Gasteiger partial charge in [-0.15, -0.1) is 0 Å². The van der Waals surface area contributed by atoms with Crippen LogP contribution in [0.3, 0.4) is 0 Å². The first kappa shape index (κ1) is 15.0. The van der Waals surface area contributed by atoms with E-state index >= 15 is 0 Å². The van der Waals surface area contributed by atoms with E-state index in [1.54, 1.807) is 23.1 Å². The Bertz CT molecular complexity index is 452. The van der Waals surface area contributed by atoms with Gasteiger partial charge in [0.05, 0.1) is 5.56 Å². The molecule has 0 spiro atoms. The quantitative estimate of drug-likeness (QED) is 0.845. The average Bonchev–Trinajstić information content (AvgIpc) is 2.49. The molecule has 3 nitrogen and oxygen atoms in total. The third-order valence-corrected chi connectivity index (χ3v) is 4.18. The van der Waals surface area contributed by atoms with Gasteiger partial charge in [-0.25, -0.2) is 4.39 Å². The molecule has 1 amide bonds. The number of piperidine rings is 1. The Hall–Kier alpha value is -1.42. The summed E-state index contributed by atoms with van der Waals surface area (Å²) in [6, 6.07) is 6.77. The Morgan fingerprint density at radius 1 is 1.25 bits per heavy atom. The van der Waals surface area contributed by atoms with E-state index in [1.807, 2.05) is 0 Å². The van der Waals surface area contributed by atoms with Gasteiger partial charge >= 0.3 is 0 Å². The number of benzene rings is 1. The molecular weight excluding hydrogens is 255 g/mol. The first-order valence-corrected chi connectivity index (χ1v) is 7.45. The Morgan fingerprint density at radius 3 is 2.40 bits per heavy atom. The van der Waals surface area contributed by atoms with Gasteiger partial charge in [-0.1, -0.05) is 26.0 Å². The van der Waals surface area contributed by atoms with Gasteiger partial charge < -0.3 is 9.80 Å². The molecule has 1 saturated heterocycles. The maximum absolute atomic E-state index is 13.7. The molecule has 1 aromatic rings. The second kappa shape index (κ2) is 6.84. The Morgan fingerprint density at radius 2 is 1.85 bits per heavy atom. The highest BCUT2D eigenvalue weighted by atomic mass is 19.1. The first-order chi connectivity index (χ1) is 9.67. The van der Waals surface area contributed by atoms with Crippen molar-refractivity contribution >= 4 is 5.91 Å². The molecule has 0 radical (unpaired) electrons. The highest BCUT2D eigenvalue weighted by Crippen LogP contribution is 2.19. The van der Waals surface area contributed by atoms with E-state index < -0.39 is 5.82 Å². The minimum atomic E-state index is -0.427. The summed E-state index contributed by atoms with van der Waals surface area (Å²) in [4.78, 5) is 16.5. The number of hydrogen-bond acceptors (Lipinski definition) is 2. The van der Waals surface area contributed by atoms with Gasteiger partial charge in [0, 0.05) is 19.1 Å². The Kier molecular flexibility index (Phi) is 5.12. The molecule has 1 heterocycles. The molecule has 1 fully saturated rings. The van der Waals surface area contributed by atoms with Crippen LogP contribution in [0.15, 0.2) is 24.3 Å². The fourth-order valence-electron chi connectivity index (χ4n) is 2.98. The molecule has 0 aliphatic carbocycles. The maximum atomic E-state index is 13.7. The third kappa shape index (κ3) is 3.18. The molecule has 0 saturated carbocycles. The summed E-state index contributed by atoms with van der Waals surface area (Å²) in [5.41, 5.74) is 0.189. The van der Waals surface area contributed by atoms with E-state index in [1.165, 1.54) is 6.07 Å². The van der Waals surface area contributed by atoms with Gasteiger partial charge in [0.1, 0.15) is 5.82 Å². The number of carbonyl (C=O) groups is 1. The monoisotopic (exact) mass is 278 g/mol. The molecule has 110 valence electrons. The number of hydrogen-bond donors (Lipinski definition) is 0. The Balaban J connectivity index is 1.97. The van der Waals surface area contributed by atoms with Gasteiger partial charge in [0.15, 0.2) is 0 Å². The van der Waals surface area contributed by atoms with Gasteiger partial charge in [-0.3, -0.25) is 4.79 Å². The number of likely N-dealkylation sites (tertiary alicyclic amines) is 1. The van der Waals surface area contributed by atoms with Gasteiger partial charge in [-0.05, 0) is 38.1 Å². The molecule has 20 heavy (non-hydrogen) atoms. The van der Waals surface area contributed by atoms with Crippen LogP contribution in [0.1, 0.15) is 37.0 Å². The van der Waals surface area contributed by atoms with Crippen LogP contribution in [-0.4, -0.2) is 47.9 Å². The van der Waals surface area contributed by atoms with Crippen molar-refractivity contribution in [3.05, 3.63) is 35.6 Å². The highest BCUT2D eigenvalue weighted by Gasteiger charge is 2.27. The minimum absolute atomic E-state index is 0.180. The predicted molar refractivity (Wildman–Crippen MR) is 78.2 cm³/mol. The van der Waals surface area contributed by atoms with E-state index in [-0.39, 0.29) is 11.5 Å². The minimum Gasteiger partial charge on any atom is -0.338 e. The van der Waals surface area contributed by atoms with Crippen LogP contribution < -0.4 is 0 Å². The fourth-order valence-corrected chi connectivity index (χ4v) is 2.98. The van der Waals surface area contributed by atoms with Crippen molar-refractivity contribution < 1.29 is 9.18 Å². The maximum Gasteiger partial charge on any atom is 0.256 e. The van der Waals surface area contributed by atoms with Gasteiger partial charge in [0.25, 0.3) is 5.91 Å². The summed E-state index contributed by atoms with van der Waals surface area (Å²) in [5.74, 6) is -0.607. The van der Waals surface area contributed by atoms with Gasteiger partial charge in [0.2, 0.25) is 0 Å². The lowest BCUT2D eigenvalue weighted by molar-refractivity contribution is 0.0627. The number of rotatable bonds is 4. The zero-order chi connectivity index (χ0) is 14.5. The van der Waals surface area contributed by atoms with Crippen molar-refractivity contribution in [2.24, 2.45) is 0 Å². The van der Waals surface area contributed by atoms with Gasteiger partial charge in [-0.2, -0.15) is 0 Å². The van der Waals surface area contributed by atoms with Crippen molar-refractivity contribution in [1.29, 1.82) is 0 Å². The molecule has 1 aromatic carbocycles. The van der Waals surface area contributed by atoms with Crippen LogP contribution >= 0.6 is 0 Å². The van der Waals surface area contributed by atoms with Crippen LogP contribution in [0.5, 0.6) is 0 Å². The van der Waals surface area contributed by atoms with E-state index in [2.05, 4.69) is 18.7 Å². The Labute approximate surface area is 120 Å². The summed E-state index contributed by atoms with van der Waals surface area (Å²) in [6.07, 6.45) is 1.95. The molecule has 0 aromatic heterocycles. The van der Waals surface area contributed by atoms with E-state index in [9.17, 15) is 9.18 Å². The van der Waals surface area contributed by atoms with Crippen LogP contribution in [0.4, 0.5) is 4.39 Å². The number of nitrogens with zero attached hydrogens (tertiary/aromatic N) is 2. The summed E-state index contributed by atoms with van der Waals surface area (Å²) < 4.78 is 13.7. The standard InChI is InChI=1S/C16H23FN2O/c1-3-18(4-2)13-9-11-19(12-10-13)16(20)14-7-5-6-8-15(14)17/h5-8,13H,3-4,9-12H2,1-2H3. The van der Waals surface area contributed by atoms with Crippen LogP contribution in [0.25, 0.3) is 0 Å². The second-order valence-electron chi connectivity index (χ2n) is 5.22. The van der Waals surface area contributed by atoms with Crippen LogP contribution in [-0.2, 0) is 0 Å². The predicted octanol–water partition coefficient (Wildman–Crippen LogP) is 2.77. The highest BCUT2D eigenvalue weighted by molar-refractivity contribution is 5.94. The van der Waals surface area contributed by atoms with Crippen molar-refractivity contribution in [3.63, 3.8) is 0 Å². The molecule has 0 unspecified atom stereocenters. The first-order valence-electron chi connectivity index (χ1n) is 7.45. The average molecular weight is 278 g/mol. The smallest absolute Gasteiger partial charge is 0.256 e. The molecule has 0 atom stereocenters. The number of carbonyl (C=O) groups excluding carboxylic acids is 1. The number of amides is 1. The molecule has 1 aliphatic rings. The zero-order valence-corrected chi connectivity index (χ0v) is 12.3. The third-order valence-electron chi connectivity index (χ3n) is 4.18. The van der Waals surface area contributed by atoms with E-state index in [4.69, 9.17) is 0 Å².